The number of hydrogen-bond acceptors (Lipinski definition) is 4. The van der Waals surface area contributed by atoms with Gasteiger partial charge in [-0.2, -0.15) is 0 Å². The van der Waals surface area contributed by atoms with E-state index in [-0.39, 0.29) is 0 Å². The standard InChI is InChI=1S/C12H15FN2O2/c1-2-17-12(16)10-4-3-6-14-11(10)15-7-5-9(13)8-15/h3-4,6,9H,2,5,7-8H2,1H3. The van der Waals surface area contributed by atoms with Gasteiger partial charge in [-0.3, -0.25) is 0 Å². The van der Waals surface area contributed by atoms with E-state index in [4.69, 9.17) is 4.74 Å². The average Bonchev–Trinajstić information content (AvgIpc) is 2.76. The van der Waals surface area contributed by atoms with Crippen molar-refractivity contribution >= 4 is 11.8 Å². The molecule has 4 nitrogen and oxygen atoms in total. The van der Waals surface area contributed by atoms with Crippen LogP contribution in [-0.4, -0.2) is 36.8 Å². The molecule has 1 aliphatic rings. The lowest BCUT2D eigenvalue weighted by molar-refractivity contribution is 0.0526. The molecule has 1 saturated heterocycles. The van der Waals surface area contributed by atoms with Crippen LogP contribution in [0, 0.1) is 0 Å². The summed E-state index contributed by atoms with van der Waals surface area (Å²) >= 11 is 0. The first kappa shape index (κ1) is 11.8. The number of anilines is 1. The number of alkyl halides is 1. The molecule has 0 radical (unpaired) electrons. The van der Waals surface area contributed by atoms with E-state index in [1.165, 1.54) is 0 Å². The third kappa shape index (κ3) is 2.54. The Morgan fingerprint density at radius 1 is 1.71 bits per heavy atom. The van der Waals surface area contributed by atoms with Gasteiger partial charge in [0, 0.05) is 12.7 Å². The number of pyridine rings is 1. The van der Waals surface area contributed by atoms with E-state index in [2.05, 4.69) is 4.98 Å². The number of aromatic nitrogens is 1. The first-order valence-corrected chi connectivity index (χ1v) is 5.73. The Balaban J connectivity index is 2.24. The van der Waals surface area contributed by atoms with Crippen molar-refractivity contribution < 1.29 is 13.9 Å². The monoisotopic (exact) mass is 238 g/mol. The fourth-order valence-corrected chi connectivity index (χ4v) is 1.93. The summed E-state index contributed by atoms with van der Waals surface area (Å²) in [6.07, 6.45) is 1.25. The summed E-state index contributed by atoms with van der Waals surface area (Å²) in [5, 5.41) is 0. The van der Waals surface area contributed by atoms with Crippen LogP contribution < -0.4 is 4.90 Å². The van der Waals surface area contributed by atoms with Crippen LogP contribution in [-0.2, 0) is 4.74 Å². The van der Waals surface area contributed by atoms with E-state index in [0.29, 0.717) is 37.5 Å². The largest absolute Gasteiger partial charge is 0.462 e. The van der Waals surface area contributed by atoms with Crippen molar-refractivity contribution in [3.8, 4) is 0 Å². The van der Waals surface area contributed by atoms with Crippen LogP contribution in [0.3, 0.4) is 0 Å². The second-order valence-corrected chi connectivity index (χ2v) is 3.93. The first-order valence-electron chi connectivity index (χ1n) is 5.73. The number of nitrogens with zero attached hydrogens (tertiary/aromatic N) is 2. The molecule has 1 unspecified atom stereocenters. The summed E-state index contributed by atoms with van der Waals surface area (Å²) in [5.41, 5.74) is 0.406. The third-order valence-electron chi connectivity index (χ3n) is 2.71. The van der Waals surface area contributed by atoms with Gasteiger partial charge in [-0.25, -0.2) is 14.2 Å². The van der Waals surface area contributed by atoms with Gasteiger partial charge in [-0.15, -0.1) is 0 Å². The molecule has 0 bridgehead atoms. The van der Waals surface area contributed by atoms with Gasteiger partial charge in [-0.05, 0) is 25.5 Å². The fourth-order valence-electron chi connectivity index (χ4n) is 1.93. The lowest BCUT2D eigenvalue weighted by Gasteiger charge is -2.18. The van der Waals surface area contributed by atoms with Crippen LogP contribution >= 0.6 is 0 Å². The molecule has 2 heterocycles. The highest BCUT2D eigenvalue weighted by Crippen LogP contribution is 2.23. The maximum atomic E-state index is 13.2. The fraction of sp³-hybridized carbons (Fsp3) is 0.500. The number of esters is 1. The van der Waals surface area contributed by atoms with E-state index < -0.39 is 12.1 Å². The van der Waals surface area contributed by atoms with Crippen molar-refractivity contribution in [2.24, 2.45) is 0 Å². The highest BCUT2D eigenvalue weighted by Gasteiger charge is 2.26. The number of halogens is 1. The molecule has 1 atom stereocenters. The van der Waals surface area contributed by atoms with Gasteiger partial charge in [0.25, 0.3) is 0 Å². The predicted molar refractivity (Wildman–Crippen MR) is 61.9 cm³/mol. The first-order chi connectivity index (χ1) is 8.22. The molecule has 0 aromatic carbocycles. The Morgan fingerprint density at radius 2 is 2.53 bits per heavy atom. The molecule has 1 aromatic rings. The summed E-state index contributed by atoms with van der Waals surface area (Å²) in [5.74, 6) is 0.115. The van der Waals surface area contributed by atoms with E-state index in [1.807, 2.05) is 0 Å². The minimum Gasteiger partial charge on any atom is -0.462 e. The van der Waals surface area contributed by atoms with E-state index in [0.717, 1.165) is 0 Å². The molecule has 2 rings (SSSR count). The molecule has 1 fully saturated rings. The lowest BCUT2D eigenvalue weighted by atomic mass is 10.2. The van der Waals surface area contributed by atoms with Crippen LogP contribution in [0.1, 0.15) is 23.7 Å². The zero-order chi connectivity index (χ0) is 12.3. The molecule has 0 spiro atoms. The Hall–Kier alpha value is -1.65. The highest BCUT2D eigenvalue weighted by atomic mass is 19.1. The molecule has 0 N–H and O–H groups in total. The second-order valence-electron chi connectivity index (χ2n) is 3.93. The van der Waals surface area contributed by atoms with Crippen molar-refractivity contribution in [1.82, 2.24) is 4.98 Å². The van der Waals surface area contributed by atoms with Crippen LogP contribution in [0.25, 0.3) is 0 Å². The minimum absolute atomic E-state index is 0.295. The number of ether oxygens (including phenoxy) is 1. The van der Waals surface area contributed by atoms with E-state index in [9.17, 15) is 9.18 Å². The summed E-state index contributed by atoms with van der Waals surface area (Å²) in [6, 6.07) is 3.34. The summed E-state index contributed by atoms with van der Waals surface area (Å²) in [4.78, 5) is 17.7. The topological polar surface area (TPSA) is 42.4 Å². The van der Waals surface area contributed by atoms with Gasteiger partial charge < -0.3 is 9.64 Å². The molecule has 0 saturated carbocycles. The van der Waals surface area contributed by atoms with Crippen molar-refractivity contribution in [3.63, 3.8) is 0 Å². The van der Waals surface area contributed by atoms with Crippen LogP contribution in [0.2, 0.25) is 0 Å². The van der Waals surface area contributed by atoms with Gasteiger partial charge in [-0.1, -0.05) is 0 Å². The molecule has 0 amide bonds. The molecular formula is C12H15FN2O2. The maximum Gasteiger partial charge on any atom is 0.341 e. The van der Waals surface area contributed by atoms with Crippen molar-refractivity contribution in [3.05, 3.63) is 23.9 Å². The Kier molecular flexibility index (Phi) is 3.56. The van der Waals surface area contributed by atoms with Crippen LogP contribution in [0.15, 0.2) is 18.3 Å². The van der Waals surface area contributed by atoms with Gasteiger partial charge >= 0.3 is 5.97 Å². The van der Waals surface area contributed by atoms with Crippen molar-refractivity contribution in [2.45, 2.75) is 19.5 Å². The molecule has 0 aliphatic carbocycles. The minimum atomic E-state index is -0.841. The molecule has 92 valence electrons. The molecular weight excluding hydrogens is 223 g/mol. The van der Waals surface area contributed by atoms with Gasteiger partial charge in [0.15, 0.2) is 0 Å². The summed E-state index contributed by atoms with van der Waals surface area (Å²) < 4.78 is 18.1. The zero-order valence-electron chi connectivity index (χ0n) is 9.73. The Morgan fingerprint density at radius 3 is 3.18 bits per heavy atom. The summed E-state index contributed by atoms with van der Waals surface area (Å²) in [6.45, 7) is 2.95. The van der Waals surface area contributed by atoms with E-state index >= 15 is 0 Å². The quantitative estimate of drug-likeness (QED) is 0.753. The third-order valence-corrected chi connectivity index (χ3v) is 2.71. The molecule has 1 aliphatic heterocycles. The maximum absolute atomic E-state index is 13.2. The van der Waals surface area contributed by atoms with Gasteiger partial charge in [0.2, 0.25) is 0 Å². The molecule has 17 heavy (non-hydrogen) atoms. The van der Waals surface area contributed by atoms with Gasteiger partial charge in [0.05, 0.1) is 13.2 Å². The number of carbonyl (C=O) groups excluding carboxylic acids is 1. The summed E-state index contributed by atoms with van der Waals surface area (Å²) in [7, 11) is 0. The van der Waals surface area contributed by atoms with Crippen molar-refractivity contribution in [2.75, 3.05) is 24.6 Å². The zero-order valence-corrected chi connectivity index (χ0v) is 9.73. The van der Waals surface area contributed by atoms with E-state index in [1.54, 1.807) is 30.2 Å². The number of carbonyl (C=O) groups is 1. The normalized spacial score (nSPS) is 19.4. The number of rotatable bonds is 3. The van der Waals surface area contributed by atoms with Crippen molar-refractivity contribution in [1.29, 1.82) is 0 Å². The molecule has 5 heteroatoms. The lowest BCUT2D eigenvalue weighted by Crippen LogP contribution is -2.24. The SMILES string of the molecule is CCOC(=O)c1cccnc1N1CCC(F)C1. The highest BCUT2D eigenvalue weighted by molar-refractivity contribution is 5.94. The average molecular weight is 238 g/mol. The Bertz CT molecular complexity index is 411. The van der Waals surface area contributed by atoms with Crippen LogP contribution in [0.4, 0.5) is 10.2 Å². The molecule has 1 aromatic heterocycles. The van der Waals surface area contributed by atoms with Gasteiger partial charge in [0.1, 0.15) is 17.6 Å². The predicted octanol–water partition coefficient (Wildman–Crippen LogP) is 1.81. The Labute approximate surface area is 99.4 Å². The van der Waals surface area contributed by atoms with Crippen LogP contribution in [0.5, 0.6) is 0 Å². The second kappa shape index (κ2) is 5.12. The smallest absolute Gasteiger partial charge is 0.341 e. The number of hydrogen-bond donors (Lipinski definition) is 0.